The number of halogens is 1. The molecule has 0 bridgehead atoms. The molecule has 1 aromatic rings. The van der Waals surface area contributed by atoms with Crippen molar-refractivity contribution in [2.45, 2.75) is 65.1 Å². The highest BCUT2D eigenvalue weighted by Gasteiger charge is 2.18. The zero-order valence-corrected chi connectivity index (χ0v) is 16.5. The van der Waals surface area contributed by atoms with Crippen molar-refractivity contribution in [1.82, 2.24) is 10.2 Å². The van der Waals surface area contributed by atoms with E-state index < -0.39 is 6.04 Å². The standard InChI is InChI=1S/C20H33N3O.ClH/c1-3-16(2)19(21)20(24)22-14-17-8-10-18(11-9-17)15-23-12-6-4-5-7-13-23;/h8-11,16,19H,3-7,12-15,21H2,1-2H3,(H,22,24);1H. The van der Waals surface area contributed by atoms with E-state index in [1.165, 1.54) is 44.3 Å². The maximum atomic E-state index is 12.0. The van der Waals surface area contributed by atoms with E-state index in [9.17, 15) is 4.79 Å². The first-order valence-electron chi connectivity index (χ1n) is 9.43. The van der Waals surface area contributed by atoms with Gasteiger partial charge in [0.15, 0.2) is 0 Å². The number of amides is 1. The number of hydrogen-bond acceptors (Lipinski definition) is 3. The predicted molar refractivity (Wildman–Crippen MR) is 107 cm³/mol. The van der Waals surface area contributed by atoms with E-state index >= 15 is 0 Å². The lowest BCUT2D eigenvalue weighted by atomic mass is 9.99. The number of benzene rings is 1. The van der Waals surface area contributed by atoms with Gasteiger partial charge in [0.05, 0.1) is 6.04 Å². The Kier molecular flexibility index (Phi) is 10.1. The molecule has 0 spiro atoms. The summed E-state index contributed by atoms with van der Waals surface area (Å²) < 4.78 is 0. The Bertz CT molecular complexity index is 498. The number of carbonyl (C=O) groups is 1. The van der Waals surface area contributed by atoms with Crippen LogP contribution in [0.15, 0.2) is 24.3 Å². The van der Waals surface area contributed by atoms with Crippen molar-refractivity contribution < 1.29 is 4.79 Å². The quantitative estimate of drug-likeness (QED) is 0.775. The highest BCUT2D eigenvalue weighted by atomic mass is 35.5. The molecule has 0 radical (unpaired) electrons. The largest absolute Gasteiger partial charge is 0.351 e. The zero-order valence-electron chi connectivity index (χ0n) is 15.7. The Morgan fingerprint density at radius 2 is 1.68 bits per heavy atom. The first-order valence-corrected chi connectivity index (χ1v) is 9.43. The second-order valence-corrected chi connectivity index (χ2v) is 7.14. The lowest BCUT2D eigenvalue weighted by Gasteiger charge is -2.20. The minimum atomic E-state index is -0.419. The van der Waals surface area contributed by atoms with E-state index in [0.717, 1.165) is 18.5 Å². The van der Waals surface area contributed by atoms with Gasteiger partial charge >= 0.3 is 0 Å². The molecule has 1 saturated heterocycles. The number of carbonyl (C=O) groups excluding carboxylic acids is 1. The smallest absolute Gasteiger partial charge is 0.237 e. The van der Waals surface area contributed by atoms with Crippen LogP contribution in [0.25, 0.3) is 0 Å². The Hall–Kier alpha value is -1.10. The second-order valence-electron chi connectivity index (χ2n) is 7.14. The summed E-state index contributed by atoms with van der Waals surface area (Å²) in [5, 5.41) is 2.95. The Balaban J connectivity index is 0.00000312. The van der Waals surface area contributed by atoms with Gasteiger partial charge in [-0.15, -0.1) is 12.4 Å². The Labute approximate surface area is 158 Å². The molecule has 1 aliphatic rings. The Morgan fingerprint density at radius 3 is 2.24 bits per heavy atom. The lowest BCUT2D eigenvalue weighted by Crippen LogP contribution is -2.44. The summed E-state index contributed by atoms with van der Waals surface area (Å²) in [6.07, 6.45) is 6.29. The highest BCUT2D eigenvalue weighted by molar-refractivity contribution is 5.85. The molecule has 2 rings (SSSR count). The first kappa shape index (κ1) is 21.9. The monoisotopic (exact) mass is 367 g/mol. The minimum Gasteiger partial charge on any atom is -0.351 e. The molecule has 2 atom stereocenters. The number of hydrogen-bond donors (Lipinski definition) is 2. The van der Waals surface area contributed by atoms with Crippen molar-refractivity contribution in [3.8, 4) is 0 Å². The van der Waals surface area contributed by atoms with Gasteiger partial charge < -0.3 is 11.1 Å². The van der Waals surface area contributed by atoms with E-state index in [0.29, 0.717) is 6.54 Å². The van der Waals surface area contributed by atoms with Crippen LogP contribution in [0.3, 0.4) is 0 Å². The number of nitrogens with zero attached hydrogens (tertiary/aromatic N) is 1. The van der Waals surface area contributed by atoms with Crippen LogP contribution in [-0.4, -0.2) is 29.9 Å². The molecule has 0 aliphatic carbocycles. The van der Waals surface area contributed by atoms with Crippen molar-refractivity contribution in [1.29, 1.82) is 0 Å². The summed E-state index contributed by atoms with van der Waals surface area (Å²) in [6.45, 7) is 8.08. The van der Waals surface area contributed by atoms with E-state index in [4.69, 9.17) is 5.73 Å². The summed E-state index contributed by atoms with van der Waals surface area (Å²) >= 11 is 0. The first-order chi connectivity index (χ1) is 11.6. The number of nitrogens with one attached hydrogen (secondary N) is 1. The molecule has 1 aliphatic heterocycles. The van der Waals surface area contributed by atoms with Gasteiger partial charge in [-0.1, -0.05) is 57.4 Å². The molecule has 25 heavy (non-hydrogen) atoms. The molecule has 2 unspecified atom stereocenters. The van der Waals surface area contributed by atoms with Crippen LogP contribution in [0.5, 0.6) is 0 Å². The number of nitrogens with two attached hydrogens (primary N) is 1. The second kappa shape index (κ2) is 11.5. The van der Waals surface area contributed by atoms with Crippen molar-refractivity contribution >= 4 is 18.3 Å². The van der Waals surface area contributed by atoms with Crippen molar-refractivity contribution in [3.05, 3.63) is 35.4 Å². The topological polar surface area (TPSA) is 58.4 Å². The fraction of sp³-hybridized carbons (Fsp3) is 0.650. The van der Waals surface area contributed by atoms with Crippen molar-refractivity contribution in [2.75, 3.05) is 13.1 Å². The summed E-state index contributed by atoms with van der Waals surface area (Å²) in [5.74, 6) is 0.152. The average Bonchev–Trinajstić information content (AvgIpc) is 2.88. The maximum absolute atomic E-state index is 12.0. The Morgan fingerprint density at radius 1 is 1.12 bits per heavy atom. The summed E-state index contributed by atoms with van der Waals surface area (Å²) in [7, 11) is 0. The van der Waals surface area contributed by atoms with Crippen LogP contribution in [0, 0.1) is 5.92 Å². The number of likely N-dealkylation sites (tertiary alicyclic amines) is 1. The molecule has 0 saturated carbocycles. The maximum Gasteiger partial charge on any atom is 0.237 e. The van der Waals surface area contributed by atoms with Crippen LogP contribution >= 0.6 is 12.4 Å². The third-order valence-electron chi connectivity index (χ3n) is 5.15. The van der Waals surface area contributed by atoms with Crippen LogP contribution in [0.2, 0.25) is 0 Å². The van der Waals surface area contributed by atoms with Gasteiger partial charge in [-0.3, -0.25) is 9.69 Å². The summed E-state index contributed by atoms with van der Waals surface area (Å²) in [5.41, 5.74) is 8.43. The van der Waals surface area contributed by atoms with Gasteiger partial charge in [-0.2, -0.15) is 0 Å². The number of rotatable bonds is 7. The molecule has 1 heterocycles. The van der Waals surface area contributed by atoms with Gasteiger partial charge in [-0.25, -0.2) is 0 Å². The SMILES string of the molecule is CCC(C)C(N)C(=O)NCc1ccc(CN2CCCCCC2)cc1.Cl. The van der Waals surface area contributed by atoms with Gasteiger partial charge in [-0.05, 0) is 43.0 Å². The van der Waals surface area contributed by atoms with Gasteiger partial charge in [0.1, 0.15) is 0 Å². The van der Waals surface area contributed by atoms with Crippen LogP contribution in [-0.2, 0) is 17.9 Å². The third-order valence-corrected chi connectivity index (χ3v) is 5.15. The minimum absolute atomic E-state index is 0. The summed E-state index contributed by atoms with van der Waals surface area (Å²) in [6, 6.07) is 8.17. The molecule has 1 fully saturated rings. The van der Waals surface area contributed by atoms with Gasteiger partial charge in [0, 0.05) is 13.1 Å². The summed E-state index contributed by atoms with van der Waals surface area (Å²) in [4.78, 5) is 14.6. The van der Waals surface area contributed by atoms with Crippen LogP contribution < -0.4 is 11.1 Å². The molecule has 1 aromatic carbocycles. The highest BCUT2D eigenvalue weighted by Crippen LogP contribution is 2.14. The molecular formula is C20H34ClN3O. The molecule has 3 N–H and O–H groups in total. The molecule has 5 heteroatoms. The van der Waals surface area contributed by atoms with E-state index in [2.05, 4.69) is 41.4 Å². The van der Waals surface area contributed by atoms with Gasteiger partial charge in [0.2, 0.25) is 5.91 Å². The van der Waals surface area contributed by atoms with E-state index in [1.54, 1.807) is 0 Å². The van der Waals surface area contributed by atoms with E-state index in [-0.39, 0.29) is 24.2 Å². The molecule has 142 valence electrons. The van der Waals surface area contributed by atoms with Gasteiger partial charge in [0.25, 0.3) is 0 Å². The molecule has 1 amide bonds. The lowest BCUT2D eigenvalue weighted by molar-refractivity contribution is -0.123. The van der Waals surface area contributed by atoms with E-state index in [1.807, 2.05) is 6.92 Å². The fourth-order valence-electron chi connectivity index (χ4n) is 3.13. The molecular weight excluding hydrogens is 334 g/mol. The third kappa shape index (κ3) is 7.35. The van der Waals surface area contributed by atoms with Crippen molar-refractivity contribution in [2.24, 2.45) is 11.7 Å². The predicted octanol–water partition coefficient (Wildman–Crippen LogP) is 3.47. The molecule has 4 nitrogen and oxygen atoms in total. The normalized spacial score (nSPS) is 17.9. The van der Waals surface area contributed by atoms with Crippen molar-refractivity contribution in [3.63, 3.8) is 0 Å². The van der Waals surface area contributed by atoms with Crippen LogP contribution in [0.1, 0.15) is 57.1 Å². The van der Waals surface area contributed by atoms with Crippen LogP contribution in [0.4, 0.5) is 0 Å². The average molecular weight is 368 g/mol. The fourth-order valence-corrected chi connectivity index (χ4v) is 3.13. The molecule has 0 aromatic heterocycles. The zero-order chi connectivity index (χ0) is 17.4.